The molecule has 8 nitrogen and oxygen atoms in total. The van der Waals surface area contributed by atoms with Crippen LogP contribution in [-0.2, 0) is 6.42 Å². The number of fused-ring (bicyclic) bond motifs is 2. The van der Waals surface area contributed by atoms with Crippen molar-refractivity contribution >= 4 is 27.5 Å². The van der Waals surface area contributed by atoms with Crippen LogP contribution in [0.15, 0.2) is 24.3 Å². The minimum atomic E-state index is -0.704. The van der Waals surface area contributed by atoms with E-state index in [2.05, 4.69) is 33.4 Å². The van der Waals surface area contributed by atoms with E-state index in [0.717, 1.165) is 64.7 Å². The maximum absolute atomic E-state index is 17.0. The summed E-state index contributed by atoms with van der Waals surface area (Å²) in [5.41, 5.74) is 0.811. The zero-order valence-corrected chi connectivity index (χ0v) is 25.6. The van der Waals surface area contributed by atoms with Crippen molar-refractivity contribution in [2.24, 2.45) is 5.92 Å². The van der Waals surface area contributed by atoms with Crippen LogP contribution in [0.4, 0.5) is 14.6 Å². The number of aryl methyl sites for hydroxylation is 1. The monoisotopic (exact) mass is 612 g/mol. The number of aromatic nitrogens is 3. The lowest BCUT2D eigenvalue weighted by Gasteiger charge is -2.31. The van der Waals surface area contributed by atoms with Gasteiger partial charge in [-0.05, 0) is 87.7 Å². The lowest BCUT2D eigenvalue weighted by molar-refractivity contribution is 0.108. The molecule has 7 rings (SSSR count). The van der Waals surface area contributed by atoms with E-state index in [1.165, 1.54) is 24.3 Å². The minimum absolute atomic E-state index is 0.0145. The topological polar surface area (TPSA) is 95.4 Å². The van der Waals surface area contributed by atoms with Crippen molar-refractivity contribution in [1.82, 2.24) is 25.2 Å². The normalized spacial score (nSPS) is 20.0. The van der Waals surface area contributed by atoms with Crippen LogP contribution in [0.2, 0.25) is 0 Å². The van der Waals surface area contributed by atoms with Crippen molar-refractivity contribution in [2.45, 2.75) is 57.4 Å². The predicted octanol–water partition coefficient (Wildman–Crippen LogP) is 5.79. The Balaban J connectivity index is 1.43. The molecule has 0 radical (unpaired) electrons. The Morgan fingerprint density at radius 2 is 1.93 bits per heavy atom. The largest absolute Gasteiger partial charge is 0.508 e. The number of ether oxygens (including phenoxy) is 1. The summed E-state index contributed by atoms with van der Waals surface area (Å²) >= 11 is 0. The number of halogens is 2. The van der Waals surface area contributed by atoms with Gasteiger partial charge in [-0.3, -0.25) is 4.90 Å². The average Bonchev–Trinajstić information content (AvgIpc) is 3.61. The summed E-state index contributed by atoms with van der Waals surface area (Å²) in [6, 6.07) is 5.75. The summed E-state index contributed by atoms with van der Waals surface area (Å²) in [5, 5.41) is 18.9. The minimum Gasteiger partial charge on any atom is -0.508 e. The first kappa shape index (κ1) is 29.6. The molecular formula is C35H38F2N6O2. The number of aromatic hydroxyl groups is 1. The first-order valence-corrected chi connectivity index (χ1v) is 16.1. The molecule has 0 bridgehead atoms. The van der Waals surface area contributed by atoms with E-state index in [1.807, 2.05) is 0 Å². The summed E-state index contributed by atoms with van der Waals surface area (Å²) in [7, 11) is 0. The van der Waals surface area contributed by atoms with E-state index in [-0.39, 0.29) is 39.6 Å². The summed E-state index contributed by atoms with van der Waals surface area (Å²) in [5.74, 6) is 1.88. The molecule has 2 fully saturated rings. The van der Waals surface area contributed by atoms with E-state index in [9.17, 15) is 9.50 Å². The molecule has 2 saturated heterocycles. The van der Waals surface area contributed by atoms with Crippen molar-refractivity contribution in [1.29, 1.82) is 0 Å². The van der Waals surface area contributed by atoms with E-state index in [1.54, 1.807) is 0 Å². The van der Waals surface area contributed by atoms with Gasteiger partial charge in [0.15, 0.2) is 5.82 Å². The van der Waals surface area contributed by atoms with Gasteiger partial charge in [0.25, 0.3) is 0 Å². The molecule has 45 heavy (non-hydrogen) atoms. The van der Waals surface area contributed by atoms with Gasteiger partial charge >= 0.3 is 6.01 Å². The predicted molar refractivity (Wildman–Crippen MR) is 172 cm³/mol. The lowest BCUT2D eigenvalue weighted by Crippen LogP contribution is -2.43. The van der Waals surface area contributed by atoms with Gasteiger partial charge < -0.3 is 20.5 Å². The second-order valence-electron chi connectivity index (χ2n) is 12.6. The summed E-state index contributed by atoms with van der Waals surface area (Å²) in [4.78, 5) is 16.8. The molecule has 10 heteroatoms. The molecule has 3 aliphatic heterocycles. The third kappa shape index (κ3) is 5.32. The summed E-state index contributed by atoms with van der Waals surface area (Å²) in [6.07, 6.45) is 12.5. The van der Waals surface area contributed by atoms with Crippen molar-refractivity contribution in [3.8, 4) is 35.4 Å². The Kier molecular flexibility index (Phi) is 7.92. The first-order valence-electron chi connectivity index (χ1n) is 16.1. The van der Waals surface area contributed by atoms with Gasteiger partial charge in [-0.15, -0.1) is 6.42 Å². The summed E-state index contributed by atoms with van der Waals surface area (Å²) in [6.45, 7) is 6.86. The molecule has 2 aromatic carbocycles. The lowest BCUT2D eigenvalue weighted by atomic mass is 9.94. The number of phenolic OH excluding ortho intramolecular Hbond substituents is 1. The Morgan fingerprint density at radius 1 is 1.11 bits per heavy atom. The molecule has 0 aliphatic carbocycles. The van der Waals surface area contributed by atoms with Gasteiger partial charge in [0.1, 0.15) is 35.2 Å². The van der Waals surface area contributed by atoms with Gasteiger partial charge in [0.2, 0.25) is 0 Å². The third-order valence-electron chi connectivity index (χ3n) is 9.97. The van der Waals surface area contributed by atoms with Gasteiger partial charge in [0.05, 0.1) is 22.2 Å². The molecule has 0 amide bonds. The van der Waals surface area contributed by atoms with Crippen LogP contribution >= 0.6 is 0 Å². The van der Waals surface area contributed by atoms with Crippen molar-refractivity contribution in [3.63, 3.8) is 0 Å². The number of terminal acetylenes is 1. The zero-order valence-electron chi connectivity index (χ0n) is 25.6. The molecule has 3 aliphatic rings. The Hall–Kier alpha value is -4.07. The number of hydrogen-bond donors (Lipinski definition) is 3. The van der Waals surface area contributed by atoms with E-state index < -0.39 is 11.6 Å². The van der Waals surface area contributed by atoms with E-state index in [0.29, 0.717) is 53.2 Å². The fraction of sp³-hybridized carbons (Fsp3) is 0.457. The van der Waals surface area contributed by atoms with Crippen molar-refractivity contribution in [3.05, 3.63) is 47.2 Å². The van der Waals surface area contributed by atoms with Crippen LogP contribution in [0, 0.1) is 29.9 Å². The molecular weight excluding hydrogens is 574 g/mol. The van der Waals surface area contributed by atoms with Crippen molar-refractivity contribution < 1.29 is 18.6 Å². The molecule has 3 N–H and O–H groups in total. The molecule has 2 aromatic heterocycles. The second-order valence-corrected chi connectivity index (χ2v) is 12.6. The standard InChI is InChI=1S/C35H38F2N6O2/c1-3-21-7-10-27-29-32(30(37)31(40-27)25-18-23(44)17-22-8-9-26(36)24(4-2)28(22)25)41-34(42-33(29)39-14-13-38-19-21)45-20-35-11-5-15-43(35)16-6-12-35/h2,8-9,17-18,21,38,44H,3,5-7,10-16,19-20H2,1H3,(H,39,41,42). The van der Waals surface area contributed by atoms with E-state index >= 15 is 4.39 Å². The third-order valence-corrected chi connectivity index (χ3v) is 9.97. The van der Waals surface area contributed by atoms with Crippen LogP contribution in [0.3, 0.4) is 0 Å². The number of nitrogens with one attached hydrogen (secondary N) is 2. The highest BCUT2D eigenvalue weighted by atomic mass is 19.1. The number of anilines is 1. The summed E-state index contributed by atoms with van der Waals surface area (Å²) < 4.78 is 38.2. The fourth-order valence-electron chi connectivity index (χ4n) is 7.56. The van der Waals surface area contributed by atoms with Gasteiger partial charge in [-0.1, -0.05) is 25.3 Å². The fourth-order valence-corrected chi connectivity index (χ4v) is 7.56. The quantitative estimate of drug-likeness (QED) is 0.244. The Morgan fingerprint density at radius 3 is 2.71 bits per heavy atom. The zero-order chi connectivity index (χ0) is 31.1. The Bertz CT molecular complexity index is 1810. The average molecular weight is 613 g/mol. The molecule has 234 valence electrons. The molecule has 4 aromatic rings. The second kappa shape index (κ2) is 12.0. The number of pyridine rings is 1. The smallest absolute Gasteiger partial charge is 0.319 e. The highest BCUT2D eigenvalue weighted by Gasteiger charge is 2.45. The number of nitrogens with zero attached hydrogens (tertiary/aromatic N) is 4. The maximum Gasteiger partial charge on any atom is 0.319 e. The maximum atomic E-state index is 17.0. The van der Waals surface area contributed by atoms with Gasteiger partial charge in [0, 0.05) is 24.0 Å². The van der Waals surface area contributed by atoms with Gasteiger partial charge in [-0.25, -0.2) is 13.8 Å². The molecule has 1 unspecified atom stereocenters. The molecule has 1 atom stereocenters. The van der Waals surface area contributed by atoms with Crippen molar-refractivity contribution in [2.75, 3.05) is 44.6 Å². The van der Waals surface area contributed by atoms with Crippen LogP contribution in [-0.4, -0.2) is 69.8 Å². The number of phenols is 1. The number of hydrogen-bond acceptors (Lipinski definition) is 8. The highest BCUT2D eigenvalue weighted by Crippen LogP contribution is 2.41. The van der Waals surface area contributed by atoms with E-state index in [4.69, 9.17) is 21.1 Å². The van der Waals surface area contributed by atoms with Gasteiger partial charge in [-0.2, -0.15) is 9.97 Å². The first-order chi connectivity index (χ1) is 21.9. The molecule has 5 heterocycles. The van der Waals surface area contributed by atoms with Crippen LogP contribution in [0.5, 0.6) is 11.8 Å². The SMILES string of the molecule is C#Cc1c(F)ccc2cc(O)cc(-c3nc4c5c(nc(OCC67CCCN6CCC7)nc5c3F)NCCNCC(CC)CC4)c12. The number of benzene rings is 2. The number of rotatable bonds is 5. The molecule has 0 saturated carbocycles. The van der Waals surface area contributed by atoms with Crippen LogP contribution in [0.25, 0.3) is 32.9 Å². The van der Waals surface area contributed by atoms with Crippen LogP contribution in [0.1, 0.15) is 56.7 Å². The highest BCUT2D eigenvalue weighted by molar-refractivity contribution is 6.03. The molecule has 0 spiro atoms. The van der Waals surface area contributed by atoms with Crippen LogP contribution < -0.4 is 15.4 Å². The Labute approximate surface area is 261 Å².